The Hall–Kier alpha value is -2.54. The van der Waals surface area contributed by atoms with Crippen molar-refractivity contribution in [3.8, 4) is 0 Å². The van der Waals surface area contributed by atoms with Crippen LogP contribution >= 0.6 is 0 Å². The van der Waals surface area contributed by atoms with Gasteiger partial charge in [-0.2, -0.15) is 0 Å². The average molecular weight is 336 g/mol. The van der Waals surface area contributed by atoms with Gasteiger partial charge in [0, 0.05) is 44.6 Å². The van der Waals surface area contributed by atoms with Gasteiger partial charge in [0.2, 0.25) is 0 Å². The molecule has 128 valence electrons. The molecule has 3 fully saturated rings. The minimum atomic E-state index is 0.524. The van der Waals surface area contributed by atoms with Gasteiger partial charge in [-0.25, -0.2) is 9.61 Å². The van der Waals surface area contributed by atoms with E-state index in [2.05, 4.69) is 36.1 Å². The molecule has 2 atom stereocenters. The third-order valence-corrected chi connectivity index (χ3v) is 5.44. The van der Waals surface area contributed by atoms with Crippen LogP contribution in [0.15, 0.2) is 41.4 Å². The molecule has 0 aliphatic carbocycles. The molecule has 0 saturated carbocycles. The van der Waals surface area contributed by atoms with Crippen LogP contribution < -0.4 is 4.90 Å². The maximum Gasteiger partial charge on any atom is 0.147 e. The van der Waals surface area contributed by atoms with E-state index in [9.17, 15) is 0 Å². The van der Waals surface area contributed by atoms with Crippen LogP contribution in [0.5, 0.6) is 0 Å². The number of anilines is 1. The first-order valence-corrected chi connectivity index (χ1v) is 8.82. The quantitative estimate of drug-likeness (QED) is 0.725. The van der Waals surface area contributed by atoms with E-state index < -0.39 is 0 Å². The summed E-state index contributed by atoms with van der Waals surface area (Å²) in [6.07, 6.45) is 7.89. The molecule has 0 radical (unpaired) electrons. The predicted octanol–water partition coefficient (Wildman–Crippen LogP) is 2.11. The largest absolute Gasteiger partial charge is 0.353 e. The van der Waals surface area contributed by atoms with E-state index in [1.807, 2.05) is 18.3 Å². The van der Waals surface area contributed by atoms with Gasteiger partial charge in [-0.15, -0.1) is 0 Å². The molecule has 25 heavy (non-hydrogen) atoms. The SMILES string of the molecule is c1cc(CN2C[C@@H]3CC[C@H]2CN(c2cnccn2)C3)c2nonc2c1. The number of fused-ring (bicyclic) bond motifs is 5. The van der Waals surface area contributed by atoms with E-state index in [1.165, 1.54) is 18.4 Å². The molecule has 0 N–H and O–H groups in total. The monoisotopic (exact) mass is 336 g/mol. The van der Waals surface area contributed by atoms with E-state index in [-0.39, 0.29) is 0 Å². The normalized spacial score (nSPS) is 23.9. The number of benzene rings is 1. The van der Waals surface area contributed by atoms with Gasteiger partial charge >= 0.3 is 0 Å². The summed E-state index contributed by atoms with van der Waals surface area (Å²) in [5, 5.41) is 8.05. The van der Waals surface area contributed by atoms with E-state index in [0.29, 0.717) is 12.0 Å². The zero-order valence-electron chi connectivity index (χ0n) is 14.0. The predicted molar refractivity (Wildman–Crippen MR) is 93.0 cm³/mol. The van der Waals surface area contributed by atoms with Crippen LogP contribution in [-0.2, 0) is 6.54 Å². The fourth-order valence-corrected chi connectivity index (χ4v) is 4.22. The minimum absolute atomic E-state index is 0.524. The maximum absolute atomic E-state index is 4.91. The molecule has 0 spiro atoms. The topological polar surface area (TPSA) is 71.2 Å². The number of rotatable bonds is 3. The standard InChI is InChI=1S/C18H20N6O/c1-2-14(18-16(3-1)21-25-22-18)11-23-9-13-4-5-15(23)12-24(10-13)17-8-19-6-7-20-17/h1-3,6-8,13,15H,4-5,9-12H2/t13-,15-/m0/s1. The number of hydrogen-bond acceptors (Lipinski definition) is 7. The Balaban J connectivity index is 1.40. The van der Waals surface area contributed by atoms with Crippen LogP contribution in [0.1, 0.15) is 18.4 Å². The Kier molecular flexibility index (Phi) is 3.59. The molecule has 7 heteroatoms. The van der Waals surface area contributed by atoms with E-state index in [1.54, 1.807) is 12.4 Å². The lowest BCUT2D eigenvalue weighted by molar-refractivity contribution is 0.127. The van der Waals surface area contributed by atoms with Crippen molar-refractivity contribution in [3.05, 3.63) is 42.4 Å². The van der Waals surface area contributed by atoms with Gasteiger partial charge in [0.25, 0.3) is 0 Å². The van der Waals surface area contributed by atoms with Crippen molar-refractivity contribution >= 4 is 16.9 Å². The molecule has 3 saturated heterocycles. The highest BCUT2D eigenvalue weighted by atomic mass is 16.6. The molecule has 0 unspecified atom stereocenters. The highest BCUT2D eigenvalue weighted by Gasteiger charge is 2.35. The van der Waals surface area contributed by atoms with Crippen molar-refractivity contribution < 1.29 is 4.63 Å². The molecule has 3 aromatic rings. The molecule has 3 aliphatic rings. The van der Waals surface area contributed by atoms with Crippen molar-refractivity contribution in [1.29, 1.82) is 0 Å². The van der Waals surface area contributed by atoms with E-state index in [0.717, 1.165) is 43.0 Å². The van der Waals surface area contributed by atoms with Crippen molar-refractivity contribution in [2.45, 2.75) is 25.4 Å². The smallest absolute Gasteiger partial charge is 0.147 e. The fourth-order valence-electron chi connectivity index (χ4n) is 4.22. The van der Waals surface area contributed by atoms with Crippen LogP contribution in [0, 0.1) is 5.92 Å². The zero-order valence-corrected chi connectivity index (χ0v) is 14.0. The summed E-state index contributed by atoms with van der Waals surface area (Å²) in [4.78, 5) is 13.7. The lowest BCUT2D eigenvalue weighted by atomic mass is 9.94. The Labute approximate surface area is 145 Å². The summed E-state index contributed by atoms with van der Waals surface area (Å²) in [5.41, 5.74) is 2.91. The van der Waals surface area contributed by atoms with Crippen LogP contribution in [0.3, 0.4) is 0 Å². The van der Waals surface area contributed by atoms with Gasteiger partial charge in [-0.05, 0) is 40.7 Å². The van der Waals surface area contributed by atoms with Crippen LogP contribution in [0.4, 0.5) is 5.82 Å². The van der Waals surface area contributed by atoms with Gasteiger partial charge in [0.15, 0.2) is 0 Å². The molecule has 5 heterocycles. The highest BCUT2D eigenvalue weighted by Crippen LogP contribution is 2.31. The van der Waals surface area contributed by atoms with E-state index >= 15 is 0 Å². The van der Waals surface area contributed by atoms with Crippen LogP contribution in [0.2, 0.25) is 0 Å². The second-order valence-electron chi connectivity index (χ2n) is 7.04. The molecule has 0 amide bonds. The molecule has 1 aromatic carbocycles. The molecule has 2 bridgehead atoms. The first-order valence-electron chi connectivity index (χ1n) is 8.82. The van der Waals surface area contributed by atoms with Crippen molar-refractivity contribution in [3.63, 3.8) is 0 Å². The van der Waals surface area contributed by atoms with Crippen LogP contribution in [0.25, 0.3) is 11.0 Å². The summed E-state index contributed by atoms with van der Waals surface area (Å²) in [5.74, 6) is 1.65. The summed E-state index contributed by atoms with van der Waals surface area (Å²) < 4.78 is 4.91. The number of nitrogens with zero attached hydrogens (tertiary/aromatic N) is 6. The zero-order chi connectivity index (χ0) is 16.6. The summed E-state index contributed by atoms with van der Waals surface area (Å²) >= 11 is 0. The van der Waals surface area contributed by atoms with Crippen molar-refractivity contribution in [2.24, 2.45) is 5.92 Å². The Morgan fingerprint density at radius 1 is 1.08 bits per heavy atom. The Bertz CT molecular complexity index is 866. The van der Waals surface area contributed by atoms with Crippen LogP contribution in [-0.4, -0.2) is 50.9 Å². The second kappa shape index (κ2) is 6.07. The molecule has 2 aromatic heterocycles. The van der Waals surface area contributed by atoms with Gasteiger partial charge in [0.05, 0.1) is 6.20 Å². The number of aromatic nitrogens is 4. The average Bonchev–Trinajstić information content (AvgIpc) is 2.96. The third-order valence-electron chi connectivity index (χ3n) is 5.44. The van der Waals surface area contributed by atoms with E-state index in [4.69, 9.17) is 4.63 Å². The first-order chi connectivity index (χ1) is 12.4. The van der Waals surface area contributed by atoms with Gasteiger partial charge in [-0.1, -0.05) is 12.1 Å². The highest BCUT2D eigenvalue weighted by molar-refractivity contribution is 5.76. The van der Waals surface area contributed by atoms with Crippen molar-refractivity contribution in [2.75, 3.05) is 24.5 Å². The second-order valence-corrected chi connectivity index (χ2v) is 7.04. The maximum atomic E-state index is 4.91. The Morgan fingerprint density at radius 2 is 2.08 bits per heavy atom. The lowest BCUT2D eigenvalue weighted by Crippen LogP contribution is -2.43. The fraction of sp³-hybridized carbons (Fsp3) is 0.444. The van der Waals surface area contributed by atoms with Gasteiger partial charge in [-0.3, -0.25) is 9.88 Å². The molecule has 7 nitrogen and oxygen atoms in total. The molecule has 6 rings (SSSR count). The van der Waals surface area contributed by atoms with Crippen molar-refractivity contribution in [1.82, 2.24) is 25.2 Å². The third kappa shape index (κ3) is 2.74. The molecule has 3 aliphatic heterocycles. The van der Waals surface area contributed by atoms with Gasteiger partial charge in [0.1, 0.15) is 16.9 Å². The summed E-state index contributed by atoms with van der Waals surface area (Å²) in [6, 6.07) is 6.63. The number of hydrogen-bond donors (Lipinski definition) is 0. The minimum Gasteiger partial charge on any atom is -0.353 e. The number of piperidine rings is 1. The summed E-state index contributed by atoms with van der Waals surface area (Å²) in [6.45, 7) is 4.06. The first kappa shape index (κ1) is 14.8. The lowest BCUT2D eigenvalue weighted by Gasteiger charge is -2.36. The Morgan fingerprint density at radius 3 is 3.00 bits per heavy atom. The molecular formula is C18H20N6O. The van der Waals surface area contributed by atoms with Gasteiger partial charge < -0.3 is 4.90 Å². The molecular weight excluding hydrogens is 316 g/mol. The summed E-state index contributed by atoms with van der Waals surface area (Å²) in [7, 11) is 0.